The van der Waals surface area contributed by atoms with Crippen molar-refractivity contribution in [3.63, 3.8) is 0 Å². The van der Waals surface area contributed by atoms with Crippen LogP contribution in [0.4, 0.5) is 0 Å². The maximum absolute atomic E-state index is 5.70. The number of ether oxygens (including phenoxy) is 3. The quantitative estimate of drug-likeness (QED) is 0.263. The molecule has 0 heterocycles. The van der Waals surface area contributed by atoms with Gasteiger partial charge < -0.3 is 19.1 Å². The van der Waals surface area contributed by atoms with Gasteiger partial charge in [-0.2, -0.15) is 0 Å². The second kappa shape index (κ2) is 15.4. The second-order valence-corrected chi connectivity index (χ2v) is 6.82. The molecule has 0 N–H and O–H groups in total. The second-order valence-electron chi connectivity index (χ2n) is 4.83. The van der Waals surface area contributed by atoms with E-state index in [0.717, 1.165) is 58.5 Å². The average Bonchev–Trinajstić information content (AvgIpc) is 2.46. The average molecular weight is 306 g/mol. The fraction of sp³-hybridized carbons (Fsp3) is 1.00. The summed E-state index contributed by atoms with van der Waals surface area (Å²) in [6.45, 7) is 15.2. The molecule has 0 aliphatic rings. The highest BCUT2D eigenvalue weighted by atomic mass is 28.2. The summed E-state index contributed by atoms with van der Waals surface area (Å²) in [6.07, 6.45) is 1.17. The van der Waals surface area contributed by atoms with Crippen molar-refractivity contribution in [3.05, 3.63) is 0 Å². The number of rotatable bonds is 15. The first-order valence-corrected chi connectivity index (χ1v) is 10.3. The van der Waals surface area contributed by atoms with E-state index >= 15 is 0 Å². The van der Waals surface area contributed by atoms with Crippen LogP contribution in [0, 0.1) is 0 Å². The van der Waals surface area contributed by atoms with Crippen LogP contribution in [0.15, 0.2) is 0 Å². The van der Waals surface area contributed by atoms with Crippen LogP contribution in [-0.2, 0) is 14.2 Å². The molecule has 0 saturated carbocycles. The molecule has 0 rings (SSSR count). The van der Waals surface area contributed by atoms with E-state index in [1.165, 1.54) is 6.04 Å². The molecule has 4 nitrogen and oxygen atoms in total. The molecule has 0 aromatic rings. The van der Waals surface area contributed by atoms with E-state index in [1.54, 1.807) is 0 Å². The molecular weight excluding hydrogens is 270 g/mol. The first-order chi connectivity index (χ1) is 9.78. The van der Waals surface area contributed by atoms with Gasteiger partial charge in [-0.1, -0.05) is 13.8 Å². The highest BCUT2D eigenvalue weighted by molar-refractivity contribution is 6.35. The van der Waals surface area contributed by atoms with Crippen molar-refractivity contribution in [2.24, 2.45) is 0 Å². The zero-order chi connectivity index (χ0) is 15.1. The number of hydrogen-bond donors (Lipinski definition) is 0. The Morgan fingerprint density at radius 1 is 0.950 bits per heavy atom. The van der Waals surface area contributed by atoms with Gasteiger partial charge in [-0.25, -0.2) is 0 Å². The molecule has 0 saturated heterocycles. The Morgan fingerprint density at radius 2 is 1.60 bits per heavy atom. The third-order valence-electron chi connectivity index (χ3n) is 3.34. The maximum atomic E-state index is 5.70. The lowest BCUT2D eigenvalue weighted by Gasteiger charge is -2.17. The molecule has 0 aliphatic carbocycles. The zero-order valence-electron chi connectivity index (χ0n) is 14.0. The van der Waals surface area contributed by atoms with Crippen LogP contribution >= 0.6 is 0 Å². The third-order valence-corrected chi connectivity index (χ3v) is 5.01. The predicted octanol–water partition coefficient (Wildman–Crippen LogP) is 2.14. The maximum Gasteiger partial charge on any atom is 0.154 e. The van der Waals surface area contributed by atoms with Crippen molar-refractivity contribution < 1.29 is 14.2 Å². The lowest BCUT2D eigenvalue weighted by molar-refractivity contribution is -0.123. The summed E-state index contributed by atoms with van der Waals surface area (Å²) < 4.78 is 16.8. The predicted molar refractivity (Wildman–Crippen MR) is 88.4 cm³/mol. The van der Waals surface area contributed by atoms with Crippen molar-refractivity contribution in [1.29, 1.82) is 0 Å². The van der Waals surface area contributed by atoms with Gasteiger partial charge >= 0.3 is 0 Å². The Balaban J connectivity index is 3.34. The van der Waals surface area contributed by atoms with Crippen LogP contribution in [0.5, 0.6) is 0 Å². The highest BCUT2D eigenvalue weighted by Gasteiger charge is 2.07. The van der Waals surface area contributed by atoms with E-state index in [9.17, 15) is 0 Å². The minimum Gasteiger partial charge on any atom is -0.382 e. The number of hydrogen-bond acceptors (Lipinski definition) is 4. The van der Waals surface area contributed by atoms with Crippen molar-refractivity contribution in [1.82, 2.24) is 4.90 Å². The van der Waals surface area contributed by atoms with Gasteiger partial charge in [0.1, 0.15) is 0 Å². The molecule has 122 valence electrons. The molecule has 0 aromatic carbocycles. The molecule has 0 spiro atoms. The van der Waals surface area contributed by atoms with Gasteiger partial charge in [0.05, 0.1) is 0 Å². The van der Waals surface area contributed by atoms with E-state index in [0.29, 0.717) is 0 Å². The standard InChI is InChI=1S/C15H35NO3Si/c1-5-16(6-2)10-9-11-17-12-13-20-14-15(18-7-3)19-8-4/h15H,5-14,20H2,1-4H3. The Hall–Kier alpha value is 0.0569. The largest absolute Gasteiger partial charge is 0.382 e. The number of nitrogens with zero attached hydrogens (tertiary/aromatic N) is 1. The smallest absolute Gasteiger partial charge is 0.154 e. The molecule has 0 amide bonds. The normalized spacial score (nSPS) is 12.3. The van der Waals surface area contributed by atoms with Crippen molar-refractivity contribution in [2.45, 2.75) is 52.5 Å². The lowest BCUT2D eigenvalue weighted by Crippen LogP contribution is -2.25. The van der Waals surface area contributed by atoms with Crippen molar-refractivity contribution in [2.75, 3.05) is 46.1 Å². The van der Waals surface area contributed by atoms with Gasteiger partial charge in [0.25, 0.3) is 0 Å². The zero-order valence-corrected chi connectivity index (χ0v) is 15.4. The Kier molecular flexibility index (Phi) is 15.5. The van der Waals surface area contributed by atoms with Crippen LogP contribution in [-0.4, -0.2) is 66.8 Å². The monoisotopic (exact) mass is 305 g/mol. The van der Waals surface area contributed by atoms with Gasteiger partial charge in [0.15, 0.2) is 6.29 Å². The summed E-state index contributed by atoms with van der Waals surface area (Å²) in [7, 11) is -0.121. The van der Waals surface area contributed by atoms with Crippen molar-refractivity contribution in [3.8, 4) is 0 Å². The van der Waals surface area contributed by atoms with Crippen LogP contribution in [0.3, 0.4) is 0 Å². The molecule has 0 fully saturated rings. The Labute approximate surface area is 128 Å². The van der Waals surface area contributed by atoms with E-state index < -0.39 is 0 Å². The van der Waals surface area contributed by atoms with Gasteiger partial charge in [0, 0.05) is 42.5 Å². The summed E-state index contributed by atoms with van der Waals surface area (Å²) in [6, 6.07) is 2.33. The summed E-state index contributed by atoms with van der Waals surface area (Å²) in [5, 5.41) is 0. The van der Waals surface area contributed by atoms with E-state index in [1.807, 2.05) is 13.8 Å². The first-order valence-electron chi connectivity index (χ1n) is 8.31. The summed E-state index contributed by atoms with van der Waals surface area (Å²) in [4.78, 5) is 2.44. The molecular formula is C15H35NO3Si. The fourth-order valence-electron chi connectivity index (χ4n) is 2.13. The lowest BCUT2D eigenvalue weighted by atomic mass is 10.4. The molecule has 0 aliphatic heterocycles. The summed E-state index contributed by atoms with van der Waals surface area (Å²) in [5.41, 5.74) is 0. The SMILES string of the molecule is CCOC(C[SiH2]CCOCCCN(CC)CC)OCC. The molecule has 0 bridgehead atoms. The topological polar surface area (TPSA) is 30.9 Å². The van der Waals surface area contributed by atoms with E-state index in [4.69, 9.17) is 14.2 Å². The van der Waals surface area contributed by atoms with Crippen LogP contribution in [0.1, 0.15) is 34.1 Å². The first kappa shape index (κ1) is 20.1. The van der Waals surface area contributed by atoms with E-state index in [-0.39, 0.29) is 15.8 Å². The molecule has 0 atom stereocenters. The summed E-state index contributed by atoms with van der Waals surface area (Å²) >= 11 is 0. The molecule has 0 unspecified atom stereocenters. The molecule has 0 aromatic heterocycles. The Bertz CT molecular complexity index is 186. The molecule has 0 radical (unpaired) electrons. The van der Waals surface area contributed by atoms with Crippen molar-refractivity contribution >= 4 is 9.52 Å². The van der Waals surface area contributed by atoms with Crippen LogP contribution < -0.4 is 0 Å². The van der Waals surface area contributed by atoms with Gasteiger partial charge in [-0.15, -0.1) is 0 Å². The van der Waals surface area contributed by atoms with Crippen LogP contribution in [0.2, 0.25) is 12.1 Å². The fourth-order valence-corrected chi connectivity index (χ4v) is 3.50. The third kappa shape index (κ3) is 11.8. The van der Waals surface area contributed by atoms with E-state index in [2.05, 4.69) is 18.7 Å². The van der Waals surface area contributed by atoms with Crippen LogP contribution in [0.25, 0.3) is 0 Å². The Morgan fingerprint density at radius 3 is 2.15 bits per heavy atom. The van der Waals surface area contributed by atoms with Gasteiger partial charge in [-0.3, -0.25) is 0 Å². The minimum atomic E-state index is -0.121. The molecule has 20 heavy (non-hydrogen) atoms. The summed E-state index contributed by atoms with van der Waals surface area (Å²) in [5.74, 6) is 0. The highest BCUT2D eigenvalue weighted by Crippen LogP contribution is 2.03. The molecule has 5 heteroatoms. The van der Waals surface area contributed by atoms with Gasteiger partial charge in [-0.05, 0) is 45.4 Å². The van der Waals surface area contributed by atoms with Gasteiger partial charge in [0.2, 0.25) is 0 Å². The minimum absolute atomic E-state index is 0.0272.